The Bertz CT molecular complexity index is 690. The number of fused-ring (bicyclic) bond motifs is 1. The molecule has 148 valence electrons. The van der Waals surface area contributed by atoms with Crippen molar-refractivity contribution in [3.63, 3.8) is 0 Å². The lowest BCUT2D eigenvalue weighted by Crippen LogP contribution is -2.46. The van der Waals surface area contributed by atoms with Crippen LogP contribution in [0.5, 0.6) is 11.5 Å². The average molecular weight is 373 g/mol. The second-order valence-corrected chi connectivity index (χ2v) is 8.33. The fraction of sp³-hybridized carbons (Fsp3) is 0.636. The smallest absolute Gasteiger partial charge is 0.127 e. The van der Waals surface area contributed by atoms with E-state index in [4.69, 9.17) is 14.2 Å². The van der Waals surface area contributed by atoms with E-state index in [-0.39, 0.29) is 0 Å². The topological polar surface area (TPSA) is 34.2 Å². The molecular formula is C22H32N2O3. The van der Waals surface area contributed by atoms with Gasteiger partial charge in [0.1, 0.15) is 18.1 Å². The quantitative estimate of drug-likeness (QED) is 0.767. The summed E-state index contributed by atoms with van der Waals surface area (Å²) in [6.07, 6.45) is 6.28. The predicted octanol–water partition coefficient (Wildman–Crippen LogP) is 2.91. The van der Waals surface area contributed by atoms with Crippen LogP contribution in [0.15, 0.2) is 23.8 Å². The van der Waals surface area contributed by atoms with E-state index in [1.807, 2.05) is 12.1 Å². The molecule has 0 N–H and O–H groups in total. The maximum Gasteiger partial charge on any atom is 0.127 e. The summed E-state index contributed by atoms with van der Waals surface area (Å²) in [5, 5.41) is 0. The first-order valence-electron chi connectivity index (χ1n) is 10.1. The number of rotatable bonds is 6. The number of benzene rings is 1. The standard InChI is InChI=1S/C22H32N2O3/c1-25-11-10-23-8-3-6-22(16-23)7-9-24(17-22)14-18-12-19-13-20(26-2)4-5-21(19)27-15-18/h4-5,12-13H,3,6-11,14-17H2,1-2H3. The summed E-state index contributed by atoms with van der Waals surface area (Å²) in [7, 11) is 3.50. The van der Waals surface area contributed by atoms with Gasteiger partial charge in [-0.1, -0.05) is 0 Å². The van der Waals surface area contributed by atoms with Gasteiger partial charge in [-0.25, -0.2) is 0 Å². The van der Waals surface area contributed by atoms with E-state index in [0.29, 0.717) is 12.0 Å². The van der Waals surface area contributed by atoms with E-state index in [2.05, 4.69) is 21.9 Å². The molecule has 5 nitrogen and oxygen atoms in total. The molecule has 3 aliphatic heterocycles. The first-order chi connectivity index (χ1) is 13.2. The highest BCUT2D eigenvalue weighted by atomic mass is 16.5. The normalized spacial score (nSPS) is 25.9. The Kier molecular flexibility index (Phi) is 5.71. The van der Waals surface area contributed by atoms with Gasteiger partial charge in [0.15, 0.2) is 0 Å². The Morgan fingerprint density at radius 3 is 2.85 bits per heavy atom. The first kappa shape index (κ1) is 18.8. The number of methoxy groups -OCH3 is 2. The zero-order valence-electron chi connectivity index (χ0n) is 16.7. The summed E-state index contributed by atoms with van der Waals surface area (Å²) in [5.41, 5.74) is 2.97. The number of nitrogens with zero attached hydrogens (tertiary/aromatic N) is 2. The van der Waals surface area contributed by atoms with Crippen molar-refractivity contribution >= 4 is 6.08 Å². The molecule has 0 radical (unpaired) electrons. The third kappa shape index (κ3) is 4.31. The molecule has 0 aliphatic carbocycles. The third-order valence-electron chi connectivity index (χ3n) is 6.29. The molecule has 0 bridgehead atoms. The Hall–Kier alpha value is -1.56. The van der Waals surface area contributed by atoms with Gasteiger partial charge < -0.3 is 19.1 Å². The van der Waals surface area contributed by atoms with Crippen LogP contribution < -0.4 is 9.47 Å². The minimum atomic E-state index is 0.475. The van der Waals surface area contributed by atoms with Gasteiger partial charge in [0.25, 0.3) is 0 Å². The summed E-state index contributed by atoms with van der Waals surface area (Å²) in [4.78, 5) is 5.22. The van der Waals surface area contributed by atoms with Crippen LogP contribution in [-0.4, -0.2) is 76.5 Å². The van der Waals surface area contributed by atoms with Gasteiger partial charge in [-0.2, -0.15) is 0 Å². The number of hydrogen-bond acceptors (Lipinski definition) is 5. The first-order valence-corrected chi connectivity index (χ1v) is 10.1. The van der Waals surface area contributed by atoms with E-state index < -0.39 is 0 Å². The van der Waals surface area contributed by atoms with Crippen molar-refractivity contribution in [1.29, 1.82) is 0 Å². The molecule has 2 saturated heterocycles. The van der Waals surface area contributed by atoms with Gasteiger partial charge in [-0.3, -0.25) is 4.90 Å². The molecule has 3 aliphatic rings. The minimum absolute atomic E-state index is 0.475. The van der Waals surface area contributed by atoms with Crippen LogP contribution in [-0.2, 0) is 4.74 Å². The molecular weight excluding hydrogens is 340 g/mol. The average Bonchev–Trinajstić information content (AvgIpc) is 3.07. The zero-order valence-corrected chi connectivity index (χ0v) is 16.7. The molecule has 4 rings (SSSR count). The maximum atomic E-state index is 5.97. The van der Waals surface area contributed by atoms with Crippen molar-refractivity contribution < 1.29 is 14.2 Å². The molecule has 2 fully saturated rings. The Morgan fingerprint density at radius 2 is 2.00 bits per heavy atom. The van der Waals surface area contributed by atoms with E-state index in [0.717, 1.165) is 36.8 Å². The summed E-state index contributed by atoms with van der Waals surface area (Å²) in [6, 6.07) is 6.03. The minimum Gasteiger partial charge on any atom is -0.497 e. The van der Waals surface area contributed by atoms with Crippen LogP contribution in [0, 0.1) is 5.41 Å². The fourth-order valence-corrected chi connectivity index (χ4v) is 4.93. The Balaban J connectivity index is 1.37. The van der Waals surface area contributed by atoms with Crippen molar-refractivity contribution in [1.82, 2.24) is 9.80 Å². The molecule has 1 aromatic carbocycles. The monoisotopic (exact) mass is 372 g/mol. The highest BCUT2D eigenvalue weighted by molar-refractivity contribution is 5.64. The lowest BCUT2D eigenvalue weighted by atomic mass is 9.79. The molecule has 3 heterocycles. The molecule has 1 unspecified atom stereocenters. The molecule has 5 heteroatoms. The summed E-state index contributed by atoms with van der Waals surface area (Å²) >= 11 is 0. The number of ether oxygens (including phenoxy) is 3. The van der Waals surface area contributed by atoms with Crippen molar-refractivity contribution in [2.24, 2.45) is 5.41 Å². The molecule has 0 amide bonds. The Labute approximate surface area is 162 Å². The van der Waals surface area contributed by atoms with Crippen molar-refractivity contribution in [2.75, 3.05) is 66.7 Å². The van der Waals surface area contributed by atoms with Crippen molar-refractivity contribution in [2.45, 2.75) is 19.3 Å². The van der Waals surface area contributed by atoms with Gasteiger partial charge in [0.2, 0.25) is 0 Å². The molecule has 1 aromatic rings. The second kappa shape index (κ2) is 8.21. The van der Waals surface area contributed by atoms with Gasteiger partial charge >= 0.3 is 0 Å². The predicted molar refractivity (Wildman–Crippen MR) is 108 cm³/mol. The van der Waals surface area contributed by atoms with E-state index >= 15 is 0 Å². The SMILES string of the molecule is COCCN1CCCC2(CCN(CC3=Cc4cc(OC)ccc4OC3)C2)C1. The summed E-state index contributed by atoms with van der Waals surface area (Å²) in [6.45, 7) is 8.46. The summed E-state index contributed by atoms with van der Waals surface area (Å²) < 4.78 is 16.6. The lowest BCUT2D eigenvalue weighted by molar-refractivity contribution is 0.0683. The molecule has 27 heavy (non-hydrogen) atoms. The Morgan fingerprint density at radius 1 is 1.11 bits per heavy atom. The van der Waals surface area contributed by atoms with Crippen molar-refractivity contribution in [3.05, 3.63) is 29.3 Å². The highest BCUT2D eigenvalue weighted by Crippen LogP contribution is 2.39. The number of hydrogen-bond donors (Lipinski definition) is 0. The van der Waals surface area contributed by atoms with Gasteiger partial charge in [-0.05, 0) is 67.6 Å². The zero-order chi connectivity index (χ0) is 18.7. The number of piperidine rings is 1. The molecule has 0 aromatic heterocycles. The third-order valence-corrected chi connectivity index (χ3v) is 6.29. The molecule has 0 saturated carbocycles. The van der Waals surface area contributed by atoms with Crippen LogP contribution in [0.2, 0.25) is 0 Å². The largest absolute Gasteiger partial charge is 0.497 e. The fourth-order valence-electron chi connectivity index (χ4n) is 4.93. The van der Waals surface area contributed by atoms with Gasteiger partial charge in [0, 0.05) is 38.9 Å². The van der Waals surface area contributed by atoms with Gasteiger partial charge in [-0.15, -0.1) is 0 Å². The number of likely N-dealkylation sites (tertiary alicyclic amines) is 2. The van der Waals surface area contributed by atoms with Gasteiger partial charge in [0.05, 0.1) is 13.7 Å². The highest BCUT2D eigenvalue weighted by Gasteiger charge is 2.41. The van der Waals surface area contributed by atoms with Crippen LogP contribution >= 0.6 is 0 Å². The maximum absolute atomic E-state index is 5.97. The van der Waals surface area contributed by atoms with E-state index in [9.17, 15) is 0 Å². The summed E-state index contributed by atoms with van der Waals surface area (Å²) in [5.74, 6) is 1.84. The van der Waals surface area contributed by atoms with E-state index in [1.54, 1.807) is 14.2 Å². The molecule has 1 atom stereocenters. The van der Waals surface area contributed by atoms with Crippen LogP contribution in [0.4, 0.5) is 0 Å². The van der Waals surface area contributed by atoms with Crippen LogP contribution in [0.25, 0.3) is 6.08 Å². The molecule has 1 spiro atoms. The van der Waals surface area contributed by atoms with Crippen LogP contribution in [0.1, 0.15) is 24.8 Å². The van der Waals surface area contributed by atoms with Crippen LogP contribution in [0.3, 0.4) is 0 Å². The van der Waals surface area contributed by atoms with Crippen molar-refractivity contribution in [3.8, 4) is 11.5 Å². The second-order valence-electron chi connectivity index (χ2n) is 8.33. The lowest BCUT2D eigenvalue weighted by Gasteiger charge is -2.40. The van der Waals surface area contributed by atoms with E-state index in [1.165, 1.54) is 51.0 Å².